The third-order valence-electron chi connectivity index (χ3n) is 3.47. The van der Waals surface area contributed by atoms with E-state index in [0.29, 0.717) is 0 Å². The predicted octanol–water partition coefficient (Wildman–Crippen LogP) is 2.61. The minimum absolute atomic E-state index is 1.05. The highest BCUT2D eigenvalue weighted by molar-refractivity contribution is 5.74. The summed E-state index contributed by atoms with van der Waals surface area (Å²) < 4.78 is 0. The Morgan fingerprint density at radius 1 is 1.12 bits per heavy atom. The lowest BCUT2D eigenvalue weighted by atomic mass is 10.1. The predicted molar refractivity (Wildman–Crippen MR) is 75.8 cm³/mol. The van der Waals surface area contributed by atoms with Gasteiger partial charge in [-0.1, -0.05) is 38.3 Å². The highest BCUT2D eigenvalue weighted by Gasteiger charge is 2.16. The molecule has 0 amide bonds. The summed E-state index contributed by atoms with van der Waals surface area (Å²) in [6, 6.07) is 0. The normalized spacial score (nSPS) is 20.1. The number of hydrogen-bond acceptors (Lipinski definition) is 1. The van der Waals surface area contributed by atoms with Crippen LogP contribution in [0.5, 0.6) is 0 Å². The molecule has 1 aliphatic rings. The van der Waals surface area contributed by atoms with Crippen molar-refractivity contribution in [2.45, 2.75) is 58.3 Å². The molecule has 1 N–H and O–H groups in total. The summed E-state index contributed by atoms with van der Waals surface area (Å²) >= 11 is 0. The van der Waals surface area contributed by atoms with Crippen LogP contribution in [0.1, 0.15) is 58.3 Å². The molecule has 0 aromatic carbocycles. The van der Waals surface area contributed by atoms with E-state index >= 15 is 0 Å². The average Bonchev–Trinajstić information content (AvgIpc) is 2.73. The Balaban J connectivity index is 1.86. The second kappa shape index (κ2) is 9.41. The van der Waals surface area contributed by atoms with E-state index in [0.717, 1.165) is 6.54 Å². The number of nitrogens with zero attached hydrogens (tertiary/aromatic N) is 1. The first-order valence-corrected chi connectivity index (χ1v) is 7.35. The molecule has 98 valence electrons. The standard InChI is InChI=1S/C15H28N2/c1-3-4-5-6-7-8-9-10-11-12-15-16-13-14-17(15)2/h4-5H,3,6-14H2,1-2H3/p+1/b5-4+. The number of aliphatic imine (C=N–C) groups is 1. The molecule has 0 fully saturated rings. The van der Waals surface area contributed by atoms with Crippen molar-refractivity contribution in [2.75, 3.05) is 20.1 Å². The molecule has 0 aromatic rings. The van der Waals surface area contributed by atoms with E-state index in [1.54, 1.807) is 0 Å². The SMILES string of the molecule is CC/C=C/CCCCCCCC1=NCC[NH+]1C. The number of amidine groups is 1. The zero-order valence-electron chi connectivity index (χ0n) is 11.7. The lowest BCUT2D eigenvalue weighted by Crippen LogP contribution is -3.10. The van der Waals surface area contributed by atoms with E-state index in [9.17, 15) is 0 Å². The molecule has 1 rings (SSSR count). The van der Waals surface area contributed by atoms with Gasteiger partial charge in [0.25, 0.3) is 0 Å². The van der Waals surface area contributed by atoms with E-state index in [2.05, 4.69) is 31.1 Å². The van der Waals surface area contributed by atoms with Crippen LogP contribution in [-0.4, -0.2) is 26.0 Å². The van der Waals surface area contributed by atoms with E-state index in [-0.39, 0.29) is 0 Å². The maximum absolute atomic E-state index is 4.55. The third-order valence-corrected chi connectivity index (χ3v) is 3.47. The number of allylic oxidation sites excluding steroid dienone is 2. The van der Waals surface area contributed by atoms with Gasteiger partial charge in [0.05, 0.1) is 13.6 Å². The minimum Gasteiger partial charge on any atom is -0.291 e. The molecule has 0 bridgehead atoms. The topological polar surface area (TPSA) is 16.8 Å². The summed E-state index contributed by atoms with van der Waals surface area (Å²) in [7, 11) is 2.24. The lowest BCUT2D eigenvalue weighted by Gasteiger charge is -2.07. The zero-order valence-corrected chi connectivity index (χ0v) is 11.7. The molecule has 2 nitrogen and oxygen atoms in total. The van der Waals surface area contributed by atoms with Gasteiger partial charge in [-0.3, -0.25) is 4.90 Å². The van der Waals surface area contributed by atoms with Gasteiger partial charge in [0.15, 0.2) is 5.84 Å². The van der Waals surface area contributed by atoms with Crippen LogP contribution in [0.15, 0.2) is 17.1 Å². The third kappa shape index (κ3) is 6.62. The molecule has 1 aliphatic heterocycles. The maximum Gasteiger partial charge on any atom is 0.196 e. The van der Waals surface area contributed by atoms with Crippen molar-refractivity contribution in [3.63, 3.8) is 0 Å². The second-order valence-corrected chi connectivity index (χ2v) is 5.04. The summed E-state index contributed by atoms with van der Waals surface area (Å²) in [4.78, 5) is 6.09. The first-order chi connectivity index (χ1) is 8.34. The van der Waals surface area contributed by atoms with Gasteiger partial charge in [-0.15, -0.1) is 0 Å². The second-order valence-electron chi connectivity index (χ2n) is 5.04. The molecule has 0 spiro atoms. The van der Waals surface area contributed by atoms with Crippen LogP contribution in [0, 0.1) is 0 Å². The Labute approximate surface area is 107 Å². The van der Waals surface area contributed by atoms with Crippen molar-refractivity contribution in [2.24, 2.45) is 4.99 Å². The van der Waals surface area contributed by atoms with Crippen LogP contribution in [-0.2, 0) is 0 Å². The molecule has 1 atom stereocenters. The fraction of sp³-hybridized carbons (Fsp3) is 0.800. The summed E-state index contributed by atoms with van der Waals surface area (Å²) in [5, 5.41) is 0. The largest absolute Gasteiger partial charge is 0.291 e. The average molecular weight is 237 g/mol. The summed E-state index contributed by atoms with van der Waals surface area (Å²) in [5.74, 6) is 1.41. The molecule has 0 radical (unpaired) electrons. The molecule has 0 saturated heterocycles. The smallest absolute Gasteiger partial charge is 0.196 e. The molecule has 2 heteroatoms. The Bertz CT molecular complexity index is 243. The van der Waals surface area contributed by atoms with Gasteiger partial charge in [0, 0.05) is 6.42 Å². The quantitative estimate of drug-likeness (QED) is 0.469. The first-order valence-electron chi connectivity index (χ1n) is 7.35. The number of likely N-dealkylation sites (N-methyl/N-ethyl adjacent to an activating group) is 1. The summed E-state index contributed by atoms with van der Waals surface area (Å²) in [5.41, 5.74) is 0. The highest BCUT2D eigenvalue weighted by Crippen LogP contribution is 2.08. The Morgan fingerprint density at radius 3 is 2.59 bits per heavy atom. The zero-order chi connectivity index (χ0) is 12.3. The number of rotatable bonds is 9. The number of quaternary nitrogens is 1. The Kier molecular flexibility index (Phi) is 7.98. The molecule has 1 unspecified atom stereocenters. The molecule has 17 heavy (non-hydrogen) atoms. The molecule has 1 heterocycles. The minimum atomic E-state index is 1.05. The van der Waals surface area contributed by atoms with Crippen molar-refractivity contribution in [3.05, 3.63) is 12.2 Å². The molecule has 0 aliphatic carbocycles. The number of unbranched alkanes of at least 4 members (excludes halogenated alkanes) is 5. The van der Waals surface area contributed by atoms with Crippen LogP contribution < -0.4 is 4.90 Å². The number of hydrogen-bond donors (Lipinski definition) is 1. The van der Waals surface area contributed by atoms with Crippen molar-refractivity contribution < 1.29 is 4.90 Å². The maximum atomic E-state index is 4.55. The Hall–Kier alpha value is -0.630. The molecule has 0 aromatic heterocycles. The van der Waals surface area contributed by atoms with E-state index in [1.165, 1.54) is 68.6 Å². The van der Waals surface area contributed by atoms with Gasteiger partial charge < -0.3 is 0 Å². The van der Waals surface area contributed by atoms with Gasteiger partial charge >= 0.3 is 0 Å². The summed E-state index contributed by atoms with van der Waals surface area (Å²) in [6.07, 6.45) is 15.1. The fourth-order valence-electron chi connectivity index (χ4n) is 2.30. The molecular formula is C15H29N2+. The summed E-state index contributed by atoms with van der Waals surface area (Å²) in [6.45, 7) is 4.45. The van der Waals surface area contributed by atoms with Gasteiger partial charge in [-0.25, -0.2) is 4.99 Å². The van der Waals surface area contributed by atoms with Gasteiger partial charge in [-0.2, -0.15) is 0 Å². The number of nitrogens with one attached hydrogen (secondary N) is 1. The van der Waals surface area contributed by atoms with Crippen molar-refractivity contribution >= 4 is 5.84 Å². The van der Waals surface area contributed by atoms with Crippen molar-refractivity contribution in [1.82, 2.24) is 0 Å². The van der Waals surface area contributed by atoms with E-state index < -0.39 is 0 Å². The molecule has 0 saturated carbocycles. The monoisotopic (exact) mass is 237 g/mol. The van der Waals surface area contributed by atoms with Gasteiger partial charge in [0.1, 0.15) is 6.54 Å². The highest BCUT2D eigenvalue weighted by atomic mass is 15.2. The van der Waals surface area contributed by atoms with Crippen LogP contribution in [0.4, 0.5) is 0 Å². The van der Waals surface area contributed by atoms with Crippen LogP contribution in [0.3, 0.4) is 0 Å². The van der Waals surface area contributed by atoms with Gasteiger partial charge in [0.2, 0.25) is 0 Å². The van der Waals surface area contributed by atoms with Crippen LogP contribution >= 0.6 is 0 Å². The fourth-order valence-corrected chi connectivity index (χ4v) is 2.30. The van der Waals surface area contributed by atoms with Crippen LogP contribution in [0.25, 0.3) is 0 Å². The van der Waals surface area contributed by atoms with E-state index in [4.69, 9.17) is 0 Å². The van der Waals surface area contributed by atoms with Crippen molar-refractivity contribution in [3.8, 4) is 0 Å². The van der Waals surface area contributed by atoms with Crippen molar-refractivity contribution in [1.29, 1.82) is 0 Å². The Morgan fingerprint density at radius 2 is 1.88 bits per heavy atom. The van der Waals surface area contributed by atoms with Crippen LogP contribution in [0.2, 0.25) is 0 Å². The molecular weight excluding hydrogens is 208 g/mol. The van der Waals surface area contributed by atoms with E-state index in [1.807, 2.05) is 0 Å². The van der Waals surface area contributed by atoms with Gasteiger partial charge in [-0.05, 0) is 25.7 Å². The first kappa shape index (κ1) is 14.4. The lowest BCUT2D eigenvalue weighted by molar-refractivity contribution is -0.775.